The molecule has 3 rings (SSSR count). The van der Waals surface area contributed by atoms with Crippen LogP contribution in [0.2, 0.25) is 0 Å². The van der Waals surface area contributed by atoms with Gasteiger partial charge >= 0.3 is 0 Å². The van der Waals surface area contributed by atoms with E-state index >= 15 is 0 Å². The summed E-state index contributed by atoms with van der Waals surface area (Å²) in [5.74, 6) is -0.0602. The Morgan fingerprint density at radius 2 is 2.39 bits per heavy atom. The van der Waals surface area contributed by atoms with Gasteiger partial charge < -0.3 is 10.2 Å². The Hall–Kier alpha value is -1.66. The molecule has 2 aliphatic rings. The Bertz CT molecular complexity index is 591. The molecule has 124 valence electrons. The van der Waals surface area contributed by atoms with Gasteiger partial charge in [0.25, 0.3) is 5.91 Å². The summed E-state index contributed by atoms with van der Waals surface area (Å²) < 4.78 is 0. The van der Waals surface area contributed by atoms with Crippen molar-refractivity contribution in [3.8, 4) is 0 Å². The van der Waals surface area contributed by atoms with Crippen molar-refractivity contribution in [2.24, 2.45) is 5.16 Å². The van der Waals surface area contributed by atoms with Gasteiger partial charge in [-0.1, -0.05) is 17.3 Å². The van der Waals surface area contributed by atoms with Gasteiger partial charge in [0.05, 0.1) is 4.88 Å². The third-order valence-electron chi connectivity index (χ3n) is 4.46. The Morgan fingerprint density at radius 1 is 1.61 bits per heavy atom. The third kappa shape index (κ3) is 3.64. The Kier molecular flexibility index (Phi) is 4.82. The van der Waals surface area contributed by atoms with E-state index in [9.17, 15) is 4.79 Å². The smallest absolute Gasteiger partial charge is 0.267 e. The number of hydrogen-bond donors (Lipinski definition) is 1. The molecule has 0 spiro atoms. The summed E-state index contributed by atoms with van der Waals surface area (Å²) in [5, 5.41) is 9.28. The van der Waals surface area contributed by atoms with Crippen molar-refractivity contribution >= 4 is 23.0 Å². The molecule has 1 aromatic rings. The minimum atomic E-state index is -0.891. The van der Waals surface area contributed by atoms with Gasteiger partial charge in [-0.15, -0.1) is 17.9 Å². The van der Waals surface area contributed by atoms with E-state index in [1.807, 2.05) is 30.5 Å². The molecule has 1 saturated heterocycles. The number of amides is 1. The van der Waals surface area contributed by atoms with E-state index in [0.29, 0.717) is 6.42 Å². The second-order valence-corrected chi connectivity index (χ2v) is 7.30. The predicted molar refractivity (Wildman–Crippen MR) is 92.8 cm³/mol. The van der Waals surface area contributed by atoms with Crippen molar-refractivity contribution in [1.29, 1.82) is 0 Å². The van der Waals surface area contributed by atoms with Gasteiger partial charge in [-0.05, 0) is 31.2 Å². The average molecular weight is 333 g/mol. The molecule has 0 radical (unpaired) electrons. The van der Waals surface area contributed by atoms with Crippen molar-refractivity contribution in [2.45, 2.75) is 37.8 Å². The summed E-state index contributed by atoms with van der Waals surface area (Å²) in [5.41, 5.74) is -0.0316. The summed E-state index contributed by atoms with van der Waals surface area (Å²) in [6.45, 7) is 8.49. The lowest BCUT2D eigenvalue weighted by atomic mass is 9.96. The molecule has 1 amide bonds. The van der Waals surface area contributed by atoms with Crippen molar-refractivity contribution in [3.63, 3.8) is 0 Å². The molecule has 0 bridgehead atoms. The van der Waals surface area contributed by atoms with Crippen LogP contribution in [0.4, 0.5) is 0 Å². The molecule has 3 heterocycles. The van der Waals surface area contributed by atoms with Crippen LogP contribution in [0, 0.1) is 0 Å². The number of likely N-dealkylation sites (tertiary alicyclic amines) is 1. The summed E-state index contributed by atoms with van der Waals surface area (Å²) in [6, 6.07) is 4.20. The van der Waals surface area contributed by atoms with E-state index in [0.717, 1.165) is 43.1 Å². The minimum Gasteiger partial charge on any atom is -0.379 e. The van der Waals surface area contributed by atoms with Gasteiger partial charge in [-0.3, -0.25) is 9.69 Å². The molecule has 1 fully saturated rings. The molecule has 1 unspecified atom stereocenters. The molecule has 2 aliphatic heterocycles. The zero-order valence-electron chi connectivity index (χ0n) is 13.5. The molecule has 0 aliphatic carbocycles. The van der Waals surface area contributed by atoms with Crippen molar-refractivity contribution in [1.82, 2.24) is 10.2 Å². The van der Waals surface area contributed by atoms with E-state index in [4.69, 9.17) is 4.84 Å². The maximum absolute atomic E-state index is 12.6. The van der Waals surface area contributed by atoms with Gasteiger partial charge in [0.1, 0.15) is 5.71 Å². The highest BCUT2D eigenvalue weighted by Crippen LogP contribution is 2.29. The van der Waals surface area contributed by atoms with E-state index in [2.05, 4.69) is 22.0 Å². The van der Waals surface area contributed by atoms with Gasteiger partial charge in [0, 0.05) is 32.1 Å². The highest BCUT2D eigenvalue weighted by molar-refractivity contribution is 7.12. The fraction of sp³-hybridized carbons (Fsp3) is 0.529. The monoisotopic (exact) mass is 333 g/mol. The van der Waals surface area contributed by atoms with Crippen molar-refractivity contribution in [2.75, 3.05) is 19.6 Å². The molecule has 1 aromatic heterocycles. The topological polar surface area (TPSA) is 53.9 Å². The number of carbonyl (C=O) groups is 1. The third-order valence-corrected chi connectivity index (χ3v) is 5.38. The van der Waals surface area contributed by atoms with Crippen LogP contribution in [0.25, 0.3) is 0 Å². The van der Waals surface area contributed by atoms with E-state index in [1.54, 1.807) is 11.3 Å². The number of oxime groups is 1. The van der Waals surface area contributed by atoms with Gasteiger partial charge in [0.2, 0.25) is 5.60 Å². The minimum absolute atomic E-state index is 0.0602. The Balaban J connectivity index is 1.52. The van der Waals surface area contributed by atoms with Crippen LogP contribution in [0.1, 0.15) is 31.1 Å². The van der Waals surface area contributed by atoms with Gasteiger partial charge in [0.15, 0.2) is 0 Å². The number of hydrogen-bond acceptors (Lipinski definition) is 5. The predicted octanol–water partition coefficient (Wildman–Crippen LogP) is 2.40. The number of thiophene rings is 1. The van der Waals surface area contributed by atoms with E-state index < -0.39 is 5.60 Å². The lowest BCUT2D eigenvalue weighted by molar-refractivity contribution is -0.142. The molecule has 0 aromatic carbocycles. The highest BCUT2D eigenvalue weighted by Gasteiger charge is 2.43. The first-order valence-corrected chi connectivity index (χ1v) is 8.92. The van der Waals surface area contributed by atoms with E-state index in [-0.39, 0.29) is 11.9 Å². The fourth-order valence-corrected chi connectivity index (χ4v) is 3.72. The summed E-state index contributed by atoms with van der Waals surface area (Å²) in [7, 11) is 0. The summed E-state index contributed by atoms with van der Waals surface area (Å²) in [6.07, 6.45) is 4.38. The molecule has 0 saturated carbocycles. The largest absolute Gasteiger partial charge is 0.379 e. The van der Waals surface area contributed by atoms with Crippen LogP contribution in [-0.4, -0.2) is 47.8 Å². The van der Waals surface area contributed by atoms with Gasteiger partial charge in [-0.25, -0.2) is 0 Å². The Morgan fingerprint density at radius 3 is 3.04 bits per heavy atom. The van der Waals surface area contributed by atoms with E-state index in [1.165, 1.54) is 0 Å². The van der Waals surface area contributed by atoms with Crippen LogP contribution in [0.3, 0.4) is 0 Å². The molecule has 23 heavy (non-hydrogen) atoms. The lowest BCUT2D eigenvalue weighted by Gasteiger charge is -2.33. The highest BCUT2D eigenvalue weighted by atomic mass is 32.1. The SMILES string of the molecule is C=CCN1CCC(NC(=O)C2(C)CC(c3cccs3)=NO2)CC1. The van der Waals surface area contributed by atoms with Gasteiger partial charge in [-0.2, -0.15) is 0 Å². The quantitative estimate of drug-likeness (QED) is 0.842. The molecular formula is C17H23N3O2S. The van der Waals surface area contributed by atoms with Crippen LogP contribution in [0.5, 0.6) is 0 Å². The zero-order valence-corrected chi connectivity index (χ0v) is 14.3. The van der Waals surface area contributed by atoms with Crippen LogP contribution >= 0.6 is 11.3 Å². The van der Waals surface area contributed by atoms with Crippen LogP contribution in [-0.2, 0) is 9.63 Å². The number of rotatable bonds is 5. The number of carbonyl (C=O) groups excluding carboxylic acids is 1. The molecule has 5 nitrogen and oxygen atoms in total. The number of nitrogens with zero attached hydrogens (tertiary/aromatic N) is 2. The summed E-state index contributed by atoms with van der Waals surface area (Å²) >= 11 is 1.62. The second-order valence-electron chi connectivity index (χ2n) is 6.35. The first kappa shape index (κ1) is 16.2. The zero-order chi connectivity index (χ0) is 16.3. The molecular weight excluding hydrogens is 310 g/mol. The average Bonchev–Trinajstić information content (AvgIpc) is 3.19. The standard InChI is InChI=1S/C17H23N3O2S/c1-3-8-20-9-6-13(7-10-20)18-16(21)17(2)12-14(19-22-17)15-5-4-11-23-15/h3-5,11,13H,1,6-10,12H2,2H3,(H,18,21). The second kappa shape index (κ2) is 6.84. The lowest BCUT2D eigenvalue weighted by Crippen LogP contribution is -2.51. The summed E-state index contributed by atoms with van der Waals surface area (Å²) in [4.78, 5) is 21.5. The fourth-order valence-electron chi connectivity index (χ4n) is 3.02. The van der Waals surface area contributed by atoms with Crippen LogP contribution in [0.15, 0.2) is 35.3 Å². The Labute approximate surface area is 141 Å². The molecule has 1 N–H and O–H groups in total. The molecule has 1 atom stereocenters. The van der Waals surface area contributed by atoms with Crippen molar-refractivity contribution in [3.05, 3.63) is 35.0 Å². The maximum atomic E-state index is 12.6. The number of piperidine rings is 1. The maximum Gasteiger partial charge on any atom is 0.267 e. The normalized spacial score (nSPS) is 25.7. The van der Waals surface area contributed by atoms with Crippen molar-refractivity contribution < 1.29 is 9.63 Å². The molecule has 6 heteroatoms. The first-order chi connectivity index (χ1) is 11.1. The first-order valence-electron chi connectivity index (χ1n) is 8.04. The van der Waals surface area contributed by atoms with Crippen LogP contribution < -0.4 is 5.32 Å². The number of nitrogens with one attached hydrogen (secondary N) is 1.